The first-order chi connectivity index (χ1) is 14.5. The van der Waals surface area contributed by atoms with Crippen LogP contribution in [0.2, 0.25) is 0 Å². The van der Waals surface area contributed by atoms with Gasteiger partial charge in [0.05, 0.1) is 5.69 Å². The maximum absolute atomic E-state index is 12.1. The highest BCUT2D eigenvalue weighted by atomic mass is 16.2. The van der Waals surface area contributed by atoms with E-state index in [0.29, 0.717) is 18.1 Å². The monoisotopic (exact) mass is 402 g/mol. The summed E-state index contributed by atoms with van der Waals surface area (Å²) in [7, 11) is 0. The number of piperidine rings is 1. The van der Waals surface area contributed by atoms with Crippen molar-refractivity contribution in [3.05, 3.63) is 60.7 Å². The van der Waals surface area contributed by atoms with Crippen LogP contribution < -0.4 is 11.1 Å². The molecule has 1 saturated heterocycles. The Balaban J connectivity index is 1.71. The van der Waals surface area contributed by atoms with Crippen LogP contribution in [0.5, 0.6) is 0 Å². The second-order valence-electron chi connectivity index (χ2n) is 7.78. The van der Waals surface area contributed by atoms with Gasteiger partial charge in [-0.15, -0.1) is 0 Å². The van der Waals surface area contributed by atoms with E-state index in [1.54, 1.807) is 19.3 Å². The number of anilines is 3. The third-order valence-electron chi connectivity index (χ3n) is 5.51. The molecule has 1 aromatic carbocycles. The average molecular weight is 403 g/mol. The topological polar surface area (TPSA) is 97.0 Å². The quantitative estimate of drug-likeness (QED) is 0.641. The Labute approximate surface area is 176 Å². The number of carbonyl (C=O) groups is 1. The van der Waals surface area contributed by atoms with E-state index >= 15 is 0 Å². The number of hydrogen-bond acceptors (Lipinski definition) is 6. The van der Waals surface area contributed by atoms with Gasteiger partial charge in [-0.25, -0.2) is 9.97 Å². The molecule has 3 N–H and O–H groups in total. The van der Waals surface area contributed by atoms with Crippen LogP contribution in [-0.2, 0) is 4.79 Å². The molecule has 1 aliphatic rings. The van der Waals surface area contributed by atoms with Gasteiger partial charge in [-0.1, -0.05) is 6.07 Å². The summed E-state index contributed by atoms with van der Waals surface area (Å²) >= 11 is 0. The fourth-order valence-corrected chi connectivity index (χ4v) is 3.90. The molecule has 4 rings (SSSR count). The minimum absolute atomic E-state index is 0.0862. The van der Waals surface area contributed by atoms with Gasteiger partial charge in [0, 0.05) is 60.8 Å². The van der Waals surface area contributed by atoms with E-state index < -0.39 is 0 Å². The molecule has 0 radical (unpaired) electrons. The number of amides is 1. The lowest BCUT2D eigenvalue weighted by molar-refractivity contribution is -0.132. The van der Waals surface area contributed by atoms with Crippen molar-refractivity contribution in [2.75, 3.05) is 17.6 Å². The van der Waals surface area contributed by atoms with Gasteiger partial charge in [0.2, 0.25) is 5.91 Å². The fourth-order valence-electron chi connectivity index (χ4n) is 3.90. The highest BCUT2D eigenvalue weighted by Crippen LogP contribution is 2.31. The van der Waals surface area contributed by atoms with Crippen molar-refractivity contribution in [3.63, 3.8) is 0 Å². The number of nitrogens with zero attached hydrogens (tertiary/aromatic N) is 4. The predicted molar refractivity (Wildman–Crippen MR) is 118 cm³/mol. The van der Waals surface area contributed by atoms with E-state index in [1.807, 2.05) is 47.4 Å². The Morgan fingerprint density at radius 2 is 2.03 bits per heavy atom. The van der Waals surface area contributed by atoms with Gasteiger partial charge in [0.15, 0.2) is 0 Å². The Morgan fingerprint density at radius 3 is 2.77 bits per heavy atom. The van der Waals surface area contributed by atoms with Gasteiger partial charge in [-0.2, -0.15) is 0 Å². The van der Waals surface area contributed by atoms with Crippen LogP contribution >= 0.6 is 0 Å². The summed E-state index contributed by atoms with van der Waals surface area (Å²) < 4.78 is 0. The first-order valence-electron chi connectivity index (χ1n) is 10.2. The van der Waals surface area contributed by atoms with Crippen LogP contribution in [0.15, 0.2) is 54.9 Å². The Morgan fingerprint density at radius 1 is 1.17 bits per heavy atom. The molecule has 0 unspecified atom stereocenters. The van der Waals surface area contributed by atoms with E-state index in [0.717, 1.165) is 35.6 Å². The van der Waals surface area contributed by atoms with Crippen LogP contribution in [0.25, 0.3) is 11.3 Å². The van der Waals surface area contributed by atoms with E-state index in [2.05, 4.69) is 17.2 Å². The average Bonchev–Trinajstić information content (AvgIpc) is 2.74. The first-order valence-corrected chi connectivity index (χ1v) is 10.2. The smallest absolute Gasteiger partial charge is 0.219 e. The molecule has 3 aromatic rings. The third-order valence-corrected chi connectivity index (χ3v) is 5.51. The summed E-state index contributed by atoms with van der Waals surface area (Å²) in [4.78, 5) is 27.9. The largest absolute Gasteiger partial charge is 0.399 e. The molecule has 7 nitrogen and oxygen atoms in total. The summed E-state index contributed by atoms with van der Waals surface area (Å²) in [6.45, 7) is 4.35. The molecule has 1 aliphatic heterocycles. The molecule has 0 saturated carbocycles. The van der Waals surface area contributed by atoms with Crippen molar-refractivity contribution in [2.45, 2.75) is 38.6 Å². The summed E-state index contributed by atoms with van der Waals surface area (Å²) in [6.07, 6.45) is 5.41. The molecule has 0 bridgehead atoms. The van der Waals surface area contributed by atoms with Crippen molar-refractivity contribution < 1.29 is 4.79 Å². The Bertz CT molecular complexity index is 1040. The number of nitrogens with one attached hydrogen (secondary N) is 1. The molecule has 7 heteroatoms. The highest BCUT2D eigenvalue weighted by molar-refractivity contribution is 5.74. The summed E-state index contributed by atoms with van der Waals surface area (Å²) in [5.74, 6) is 1.61. The van der Waals surface area contributed by atoms with E-state index in [4.69, 9.17) is 15.7 Å². The lowest BCUT2D eigenvalue weighted by Crippen LogP contribution is -2.44. The lowest BCUT2D eigenvalue weighted by Gasteiger charge is -2.37. The molecule has 154 valence electrons. The van der Waals surface area contributed by atoms with Crippen molar-refractivity contribution >= 4 is 23.1 Å². The normalized spacial score (nSPS) is 18.8. The molecule has 2 aromatic heterocycles. The summed E-state index contributed by atoms with van der Waals surface area (Å²) in [5.41, 5.74) is 9.18. The van der Waals surface area contributed by atoms with Gasteiger partial charge in [0.25, 0.3) is 0 Å². The molecule has 0 aliphatic carbocycles. The Kier molecular flexibility index (Phi) is 5.61. The Hall–Kier alpha value is -3.48. The molecule has 1 fully saturated rings. The van der Waals surface area contributed by atoms with Crippen LogP contribution in [0.1, 0.15) is 38.4 Å². The predicted octanol–water partition coefficient (Wildman–Crippen LogP) is 3.98. The number of nitrogens with two attached hydrogens (primary N) is 1. The molecule has 1 amide bonds. The number of aromatic nitrogens is 3. The zero-order chi connectivity index (χ0) is 21.1. The van der Waals surface area contributed by atoms with E-state index in [-0.39, 0.29) is 17.9 Å². The highest BCUT2D eigenvalue weighted by Gasteiger charge is 2.30. The molecular formula is C23H26N6O. The lowest BCUT2D eigenvalue weighted by atomic mass is 9.92. The van der Waals surface area contributed by atoms with Crippen LogP contribution in [-0.4, -0.2) is 38.3 Å². The SMILES string of the molecule is CC(=O)N1C[C@H](c2nc(Nc3cccc(N)c3)cc(-c3cccnc3)n2)CC[C@@H]1C. The van der Waals surface area contributed by atoms with Crippen LogP contribution in [0, 0.1) is 0 Å². The van der Waals surface area contributed by atoms with Crippen molar-refractivity contribution in [2.24, 2.45) is 0 Å². The number of pyridine rings is 1. The molecule has 3 heterocycles. The fraction of sp³-hybridized carbons (Fsp3) is 0.304. The van der Waals surface area contributed by atoms with Gasteiger partial charge in [-0.05, 0) is 50.1 Å². The van der Waals surface area contributed by atoms with Crippen molar-refractivity contribution in [1.82, 2.24) is 19.9 Å². The zero-order valence-electron chi connectivity index (χ0n) is 17.2. The van der Waals surface area contributed by atoms with Crippen LogP contribution in [0.3, 0.4) is 0 Å². The van der Waals surface area contributed by atoms with Gasteiger partial charge >= 0.3 is 0 Å². The second kappa shape index (κ2) is 8.49. The van der Waals surface area contributed by atoms with Crippen LogP contribution in [0.4, 0.5) is 17.2 Å². The van der Waals surface area contributed by atoms with Crippen molar-refractivity contribution in [1.29, 1.82) is 0 Å². The number of hydrogen-bond donors (Lipinski definition) is 2. The number of likely N-dealkylation sites (tertiary alicyclic amines) is 1. The minimum atomic E-state index is 0.0862. The van der Waals surface area contributed by atoms with Crippen molar-refractivity contribution in [3.8, 4) is 11.3 Å². The third kappa shape index (κ3) is 4.40. The number of rotatable bonds is 4. The van der Waals surface area contributed by atoms with E-state index in [1.165, 1.54) is 0 Å². The molecule has 2 atom stereocenters. The molecule has 30 heavy (non-hydrogen) atoms. The van der Waals surface area contributed by atoms with Gasteiger partial charge < -0.3 is 16.0 Å². The standard InChI is InChI=1S/C23H26N6O/c1-15-8-9-18(14-29(15)16(2)30)23-27-21(17-5-4-10-25-13-17)12-22(28-23)26-20-7-3-6-19(24)11-20/h3-7,10-13,15,18H,8-9,14,24H2,1-2H3,(H,26,27,28)/t15-,18+/m0/s1. The summed E-state index contributed by atoms with van der Waals surface area (Å²) in [5, 5.41) is 3.35. The van der Waals surface area contributed by atoms with Gasteiger partial charge in [0.1, 0.15) is 11.6 Å². The molecule has 0 spiro atoms. The number of nitrogen functional groups attached to an aromatic ring is 1. The summed E-state index contributed by atoms with van der Waals surface area (Å²) in [6, 6.07) is 13.6. The van der Waals surface area contributed by atoms with E-state index in [9.17, 15) is 4.79 Å². The maximum atomic E-state index is 12.1. The molecular weight excluding hydrogens is 376 g/mol. The zero-order valence-corrected chi connectivity index (χ0v) is 17.2. The minimum Gasteiger partial charge on any atom is -0.399 e. The number of benzene rings is 1. The maximum Gasteiger partial charge on any atom is 0.219 e. The first kappa shape index (κ1) is 19.8. The van der Waals surface area contributed by atoms with Gasteiger partial charge in [-0.3, -0.25) is 9.78 Å². The second-order valence-corrected chi connectivity index (χ2v) is 7.78. The number of carbonyl (C=O) groups excluding carboxylic acids is 1.